The molecule has 98 valence electrons. The monoisotopic (exact) mass is 248 g/mol. The highest BCUT2D eigenvalue weighted by molar-refractivity contribution is 5.28. The molecule has 2 N–H and O–H groups in total. The summed E-state index contributed by atoms with van der Waals surface area (Å²) in [6.45, 7) is 0. The Hall–Kier alpha value is -1.32. The number of rotatable bonds is 2. The minimum Gasteiger partial charge on any atom is -0.493 e. The Morgan fingerprint density at radius 3 is 2.11 bits per heavy atom. The summed E-state index contributed by atoms with van der Waals surface area (Å²) in [7, 11) is 0. The van der Waals surface area contributed by atoms with E-state index in [0.29, 0.717) is 17.3 Å². The van der Waals surface area contributed by atoms with Crippen molar-refractivity contribution in [1.82, 2.24) is 9.97 Å². The molecule has 0 aromatic carbocycles. The molecular weight excluding hydrogens is 228 g/mol. The first-order valence-corrected chi connectivity index (χ1v) is 7.09. The molecule has 1 heterocycles. The van der Waals surface area contributed by atoms with Crippen LogP contribution in [0.25, 0.3) is 0 Å². The normalized spacial score (nSPS) is 21.8. The molecule has 0 bridgehead atoms. The minimum absolute atomic E-state index is 0.0208. The summed E-state index contributed by atoms with van der Waals surface area (Å²) in [6, 6.07) is 0. The minimum atomic E-state index is -0.115. The zero-order valence-corrected chi connectivity index (χ0v) is 10.6. The van der Waals surface area contributed by atoms with Gasteiger partial charge in [-0.1, -0.05) is 25.7 Å². The van der Waals surface area contributed by atoms with E-state index in [0.717, 1.165) is 38.5 Å². The third-order valence-corrected chi connectivity index (χ3v) is 4.46. The highest BCUT2D eigenvalue weighted by Gasteiger charge is 2.26. The van der Waals surface area contributed by atoms with Gasteiger partial charge in [0.1, 0.15) is 5.82 Å². The van der Waals surface area contributed by atoms with Gasteiger partial charge in [-0.25, -0.2) is 0 Å². The molecule has 0 spiro atoms. The van der Waals surface area contributed by atoms with E-state index < -0.39 is 0 Å². The summed E-state index contributed by atoms with van der Waals surface area (Å²) < 4.78 is 0. The van der Waals surface area contributed by atoms with Crippen molar-refractivity contribution in [2.45, 2.75) is 63.2 Å². The fourth-order valence-electron chi connectivity index (χ4n) is 3.46. The van der Waals surface area contributed by atoms with Crippen molar-refractivity contribution in [2.24, 2.45) is 0 Å². The fraction of sp³-hybridized carbons (Fsp3) is 0.714. The molecule has 4 heteroatoms. The first-order chi connectivity index (χ1) is 8.75. The molecule has 0 amide bonds. The van der Waals surface area contributed by atoms with Crippen molar-refractivity contribution in [1.29, 1.82) is 0 Å². The lowest BCUT2D eigenvalue weighted by molar-refractivity contribution is 0.428. The molecular formula is C14H20N2O2. The van der Waals surface area contributed by atoms with Gasteiger partial charge in [0.15, 0.2) is 0 Å². The van der Waals surface area contributed by atoms with E-state index in [9.17, 15) is 9.90 Å². The Bertz CT molecular complexity index is 483. The molecule has 2 aliphatic carbocycles. The number of aromatic hydroxyl groups is 1. The van der Waals surface area contributed by atoms with Crippen LogP contribution in [0.1, 0.15) is 74.6 Å². The Kier molecular flexibility index (Phi) is 3.10. The molecule has 0 atom stereocenters. The second kappa shape index (κ2) is 4.75. The van der Waals surface area contributed by atoms with Gasteiger partial charge in [-0.15, -0.1) is 0 Å². The smallest absolute Gasteiger partial charge is 0.258 e. The summed E-state index contributed by atoms with van der Waals surface area (Å²) in [5, 5.41) is 10.1. The first-order valence-electron chi connectivity index (χ1n) is 7.09. The molecule has 1 aromatic rings. The Balaban J connectivity index is 1.94. The molecule has 1 aromatic heterocycles. The maximum Gasteiger partial charge on any atom is 0.258 e. The fourth-order valence-corrected chi connectivity index (χ4v) is 3.46. The van der Waals surface area contributed by atoms with E-state index in [2.05, 4.69) is 9.97 Å². The lowest BCUT2D eigenvalue weighted by atomic mass is 9.99. The molecule has 3 rings (SSSR count). The third kappa shape index (κ3) is 2.04. The average molecular weight is 248 g/mol. The van der Waals surface area contributed by atoms with Crippen LogP contribution in [0.2, 0.25) is 0 Å². The van der Waals surface area contributed by atoms with E-state index in [-0.39, 0.29) is 17.4 Å². The van der Waals surface area contributed by atoms with Crippen LogP contribution in [0.5, 0.6) is 5.88 Å². The van der Waals surface area contributed by atoms with Gasteiger partial charge in [-0.05, 0) is 31.6 Å². The number of nitrogens with zero attached hydrogens (tertiary/aromatic N) is 1. The van der Waals surface area contributed by atoms with Crippen LogP contribution in [0, 0.1) is 0 Å². The lowest BCUT2D eigenvalue weighted by Crippen LogP contribution is -2.20. The highest BCUT2D eigenvalue weighted by Crippen LogP contribution is 2.37. The quantitative estimate of drug-likeness (QED) is 0.845. The van der Waals surface area contributed by atoms with Crippen LogP contribution in [0.15, 0.2) is 4.79 Å². The van der Waals surface area contributed by atoms with Crippen molar-refractivity contribution in [3.8, 4) is 5.88 Å². The third-order valence-electron chi connectivity index (χ3n) is 4.46. The molecule has 2 aliphatic rings. The van der Waals surface area contributed by atoms with E-state index in [1.54, 1.807) is 0 Å². The van der Waals surface area contributed by atoms with E-state index in [4.69, 9.17) is 0 Å². The van der Waals surface area contributed by atoms with E-state index >= 15 is 0 Å². The van der Waals surface area contributed by atoms with E-state index in [1.807, 2.05) is 0 Å². The second-order valence-corrected chi connectivity index (χ2v) is 5.65. The topological polar surface area (TPSA) is 66.0 Å². The Labute approximate surface area is 106 Å². The molecule has 18 heavy (non-hydrogen) atoms. The van der Waals surface area contributed by atoms with Crippen LogP contribution in [0.4, 0.5) is 0 Å². The summed E-state index contributed by atoms with van der Waals surface area (Å²) >= 11 is 0. The van der Waals surface area contributed by atoms with Crippen LogP contribution < -0.4 is 5.56 Å². The maximum absolute atomic E-state index is 12.1. The molecule has 0 aliphatic heterocycles. The van der Waals surface area contributed by atoms with E-state index in [1.165, 1.54) is 12.8 Å². The standard InChI is InChI=1S/C14H20N2O2/c17-13-11(9-5-1-2-6-9)14(18)16-12(15-13)10-7-3-4-8-10/h9-10H,1-8H2,(H2,15,16,17,18). The van der Waals surface area contributed by atoms with Gasteiger partial charge in [0.05, 0.1) is 5.56 Å². The van der Waals surface area contributed by atoms with Gasteiger partial charge >= 0.3 is 0 Å². The molecule has 0 radical (unpaired) electrons. The SMILES string of the molecule is O=c1[nH]c(C2CCCC2)nc(O)c1C1CCCC1. The molecule has 2 fully saturated rings. The van der Waals surface area contributed by atoms with Gasteiger partial charge in [0.25, 0.3) is 5.56 Å². The van der Waals surface area contributed by atoms with Crippen LogP contribution in [0.3, 0.4) is 0 Å². The number of aromatic amines is 1. The van der Waals surface area contributed by atoms with Crippen molar-refractivity contribution in [2.75, 3.05) is 0 Å². The van der Waals surface area contributed by atoms with Crippen LogP contribution >= 0.6 is 0 Å². The number of aromatic nitrogens is 2. The Morgan fingerprint density at radius 2 is 1.56 bits per heavy atom. The highest BCUT2D eigenvalue weighted by atomic mass is 16.3. The largest absolute Gasteiger partial charge is 0.493 e. The van der Waals surface area contributed by atoms with Gasteiger partial charge < -0.3 is 10.1 Å². The number of H-pyrrole nitrogens is 1. The average Bonchev–Trinajstić information content (AvgIpc) is 3.01. The summed E-state index contributed by atoms with van der Waals surface area (Å²) in [4.78, 5) is 19.3. The number of hydrogen-bond donors (Lipinski definition) is 2. The predicted octanol–water partition coefficient (Wildman–Crippen LogP) is 2.79. The number of hydrogen-bond acceptors (Lipinski definition) is 3. The molecule has 0 saturated heterocycles. The van der Waals surface area contributed by atoms with Gasteiger partial charge in [0, 0.05) is 5.92 Å². The zero-order valence-electron chi connectivity index (χ0n) is 10.6. The summed E-state index contributed by atoms with van der Waals surface area (Å²) in [5.41, 5.74) is 0.408. The molecule has 0 unspecified atom stereocenters. The predicted molar refractivity (Wildman–Crippen MR) is 68.9 cm³/mol. The number of nitrogens with one attached hydrogen (secondary N) is 1. The maximum atomic E-state index is 12.1. The van der Waals surface area contributed by atoms with Gasteiger partial charge in [-0.2, -0.15) is 4.98 Å². The lowest BCUT2D eigenvalue weighted by Gasteiger charge is -2.13. The first kappa shape index (κ1) is 11.8. The summed E-state index contributed by atoms with van der Waals surface area (Å²) in [5.74, 6) is 1.21. The van der Waals surface area contributed by atoms with Crippen LogP contribution in [-0.2, 0) is 0 Å². The second-order valence-electron chi connectivity index (χ2n) is 5.65. The molecule has 2 saturated carbocycles. The van der Waals surface area contributed by atoms with Crippen molar-refractivity contribution >= 4 is 0 Å². The Morgan fingerprint density at radius 1 is 1.00 bits per heavy atom. The van der Waals surface area contributed by atoms with Crippen LogP contribution in [-0.4, -0.2) is 15.1 Å². The van der Waals surface area contributed by atoms with Crippen molar-refractivity contribution < 1.29 is 5.11 Å². The van der Waals surface area contributed by atoms with Gasteiger partial charge in [0.2, 0.25) is 5.88 Å². The van der Waals surface area contributed by atoms with Crippen molar-refractivity contribution in [3.05, 3.63) is 21.7 Å². The zero-order chi connectivity index (χ0) is 12.5. The summed E-state index contributed by atoms with van der Waals surface area (Å²) in [6.07, 6.45) is 8.83. The molecule has 4 nitrogen and oxygen atoms in total. The van der Waals surface area contributed by atoms with Gasteiger partial charge in [-0.3, -0.25) is 4.79 Å². The van der Waals surface area contributed by atoms with Crippen molar-refractivity contribution in [3.63, 3.8) is 0 Å².